The summed E-state index contributed by atoms with van der Waals surface area (Å²) in [5.41, 5.74) is 2.62. The van der Waals surface area contributed by atoms with Gasteiger partial charge in [-0.1, -0.05) is 32.4 Å². The van der Waals surface area contributed by atoms with Crippen LogP contribution in [-0.2, 0) is 6.54 Å². The van der Waals surface area contributed by atoms with E-state index in [1.807, 2.05) is 44.5 Å². The Bertz CT molecular complexity index is 1140. The van der Waals surface area contributed by atoms with Crippen molar-refractivity contribution in [3.05, 3.63) is 59.3 Å². The Hall–Kier alpha value is -2.93. The lowest BCUT2D eigenvalue weighted by Gasteiger charge is -2.45. The van der Waals surface area contributed by atoms with Crippen molar-refractivity contribution in [2.75, 3.05) is 0 Å². The molecule has 0 saturated carbocycles. The number of hydrogen-bond donors (Lipinski definition) is 1. The summed E-state index contributed by atoms with van der Waals surface area (Å²) in [4.78, 5) is 17.8. The fourth-order valence-corrected chi connectivity index (χ4v) is 4.57. The Kier molecular flexibility index (Phi) is 5.25. The molecule has 1 aromatic carbocycles. The molecule has 8 heteroatoms. The normalized spacial score (nSPS) is 18.7. The summed E-state index contributed by atoms with van der Waals surface area (Å²) in [6.07, 6.45) is 2.33. The van der Waals surface area contributed by atoms with Crippen LogP contribution in [0.4, 0.5) is 9.18 Å². The van der Waals surface area contributed by atoms with Crippen LogP contribution in [0.2, 0.25) is 5.02 Å². The van der Waals surface area contributed by atoms with Gasteiger partial charge in [0.25, 0.3) is 0 Å². The van der Waals surface area contributed by atoms with E-state index in [9.17, 15) is 14.3 Å². The number of carboxylic acid groups (broad SMARTS) is 1. The molecule has 0 saturated heterocycles. The molecular formula is C23H24ClFN4O2. The van der Waals surface area contributed by atoms with Crippen molar-refractivity contribution in [3.63, 3.8) is 0 Å². The number of rotatable bonds is 2. The fourth-order valence-electron chi connectivity index (χ4n) is 4.42. The topological polar surface area (TPSA) is 71.2 Å². The Balaban J connectivity index is 2.07. The Morgan fingerprint density at radius 2 is 1.90 bits per heavy atom. The van der Waals surface area contributed by atoms with E-state index in [2.05, 4.69) is 4.98 Å². The fraction of sp³-hybridized carbons (Fsp3) is 0.348. The molecule has 1 aliphatic rings. The lowest BCUT2D eigenvalue weighted by molar-refractivity contribution is 0.0319. The van der Waals surface area contributed by atoms with Gasteiger partial charge in [-0.3, -0.25) is 14.6 Å². The molecule has 3 heterocycles. The zero-order valence-corrected chi connectivity index (χ0v) is 18.6. The molecule has 0 radical (unpaired) electrons. The van der Waals surface area contributed by atoms with Crippen LogP contribution in [0.15, 0.2) is 42.7 Å². The smallest absolute Gasteiger partial charge is 0.408 e. The number of hydrogen-bond acceptors (Lipinski definition) is 3. The van der Waals surface area contributed by atoms with Gasteiger partial charge in [0.15, 0.2) is 0 Å². The second kappa shape index (κ2) is 7.64. The molecule has 1 amide bonds. The minimum absolute atomic E-state index is 0.290. The Labute approximate surface area is 185 Å². The molecule has 2 atom stereocenters. The largest absolute Gasteiger partial charge is 0.465 e. The van der Waals surface area contributed by atoms with E-state index >= 15 is 0 Å². The predicted molar refractivity (Wildman–Crippen MR) is 117 cm³/mol. The Morgan fingerprint density at radius 3 is 2.48 bits per heavy atom. The number of amides is 1. The molecule has 2 unspecified atom stereocenters. The van der Waals surface area contributed by atoms with Crippen LogP contribution in [0.5, 0.6) is 0 Å². The summed E-state index contributed by atoms with van der Waals surface area (Å²) in [6.45, 7) is 8.25. The lowest BCUT2D eigenvalue weighted by Crippen LogP contribution is -2.51. The molecule has 0 aliphatic carbocycles. The third kappa shape index (κ3) is 3.67. The molecule has 162 valence electrons. The molecule has 3 aromatic rings. The van der Waals surface area contributed by atoms with E-state index < -0.39 is 23.4 Å². The number of benzene rings is 1. The molecule has 6 nitrogen and oxygen atoms in total. The van der Waals surface area contributed by atoms with Crippen LogP contribution < -0.4 is 0 Å². The van der Waals surface area contributed by atoms with Gasteiger partial charge in [-0.2, -0.15) is 5.10 Å². The first-order valence-corrected chi connectivity index (χ1v) is 10.4. The van der Waals surface area contributed by atoms with Gasteiger partial charge in [-0.25, -0.2) is 9.18 Å². The van der Waals surface area contributed by atoms with E-state index in [-0.39, 0.29) is 6.04 Å². The molecule has 0 spiro atoms. The van der Waals surface area contributed by atoms with Crippen LogP contribution in [0.1, 0.15) is 39.4 Å². The third-order valence-corrected chi connectivity index (χ3v) is 5.87. The van der Waals surface area contributed by atoms with Crippen LogP contribution in [0.25, 0.3) is 22.4 Å². The summed E-state index contributed by atoms with van der Waals surface area (Å²) in [5, 5.41) is 15.1. The number of nitrogens with zero attached hydrogens (tertiary/aromatic N) is 4. The zero-order chi connectivity index (χ0) is 22.5. The molecule has 0 bridgehead atoms. The average Bonchev–Trinajstić information content (AvgIpc) is 3.04. The second-order valence-corrected chi connectivity index (χ2v) is 9.39. The third-order valence-electron chi connectivity index (χ3n) is 5.64. The lowest BCUT2D eigenvalue weighted by atomic mass is 9.79. The van der Waals surface area contributed by atoms with Crippen LogP contribution >= 0.6 is 11.6 Å². The highest BCUT2D eigenvalue weighted by atomic mass is 35.5. The highest BCUT2D eigenvalue weighted by Gasteiger charge is 2.45. The van der Waals surface area contributed by atoms with E-state index in [1.54, 1.807) is 24.5 Å². The van der Waals surface area contributed by atoms with Crippen molar-refractivity contribution in [3.8, 4) is 22.4 Å². The summed E-state index contributed by atoms with van der Waals surface area (Å²) >= 11 is 5.97. The van der Waals surface area contributed by atoms with Gasteiger partial charge in [-0.15, -0.1) is 0 Å². The first-order valence-electron chi connectivity index (χ1n) is 10.1. The van der Waals surface area contributed by atoms with Gasteiger partial charge in [-0.05, 0) is 48.2 Å². The SMILES string of the molecule is CC1Cn2nc(-c3ccc(Cl)cc3F)c(-c3ccncc3)c2C(C(C)(C)C)N1C(=O)O. The van der Waals surface area contributed by atoms with E-state index in [4.69, 9.17) is 16.7 Å². The average molecular weight is 443 g/mol. The van der Waals surface area contributed by atoms with Crippen LogP contribution in [-0.4, -0.2) is 36.9 Å². The Morgan fingerprint density at radius 1 is 1.23 bits per heavy atom. The summed E-state index contributed by atoms with van der Waals surface area (Å²) < 4.78 is 16.8. The van der Waals surface area contributed by atoms with Gasteiger partial charge in [0.1, 0.15) is 11.5 Å². The summed E-state index contributed by atoms with van der Waals surface area (Å²) in [7, 11) is 0. The molecule has 31 heavy (non-hydrogen) atoms. The standard InChI is InChI=1S/C23H24ClFN4O2/c1-13-12-28-20(21(23(2,3)4)29(13)22(30)31)18(14-7-9-26-10-8-14)19(27-28)16-6-5-15(24)11-17(16)25/h5-11,13,21H,12H2,1-4H3,(H,30,31). The molecule has 2 aromatic heterocycles. The first-order chi connectivity index (χ1) is 14.6. The number of fused-ring (bicyclic) bond motifs is 1. The quantitative estimate of drug-likeness (QED) is 0.538. The van der Waals surface area contributed by atoms with Crippen molar-refractivity contribution < 1.29 is 14.3 Å². The van der Waals surface area contributed by atoms with E-state index in [0.717, 1.165) is 11.3 Å². The minimum Gasteiger partial charge on any atom is -0.465 e. The van der Waals surface area contributed by atoms with Gasteiger partial charge >= 0.3 is 6.09 Å². The molecular weight excluding hydrogens is 419 g/mol. The second-order valence-electron chi connectivity index (χ2n) is 8.96. The molecule has 0 fully saturated rings. The van der Waals surface area contributed by atoms with Gasteiger partial charge in [0.05, 0.1) is 24.3 Å². The maximum absolute atomic E-state index is 15.0. The first kappa shape index (κ1) is 21.3. The molecule has 1 aliphatic heterocycles. The van der Waals surface area contributed by atoms with Crippen molar-refractivity contribution in [1.82, 2.24) is 19.7 Å². The van der Waals surface area contributed by atoms with Gasteiger partial charge in [0, 0.05) is 28.5 Å². The maximum Gasteiger partial charge on any atom is 0.408 e. The van der Waals surface area contributed by atoms with Crippen molar-refractivity contribution in [1.29, 1.82) is 0 Å². The monoisotopic (exact) mass is 442 g/mol. The highest BCUT2D eigenvalue weighted by Crippen LogP contribution is 2.48. The van der Waals surface area contributed by atoms with Gasteiger partial charge < -0.3 is 5.11 Å². The van der Waals surface area contributed by atoms with E-state index in [0.29, 0.717) is 28.4 Å². The maximum atomic E-state index is 15.0. The summed E-state index contributed by atoms with van der Waals surface area (Å²) in [6, 6.07) is 7.40. The zero-order valence-electron chi connectivity index (χ0n) is 17.8. The molecule has 4 rings (SSSR count). The molecule has 1 N–H and O–H groups in total. The minimum atomic E-state index is -0.986. The van der Waals surface area contributed by atoms with Crippen molar-refractivity contribution in [2.24, 2.45) is 5.41 Å². The predicted octanol–water partition coefficient (Wildman–Crippen LogP) is 5.87. The van der Waals surface area contributed by atoms with Crippen LogP contribution in [0, 0.1) is 11.2 Å². The van der Waals surface area contributed by atoms with E-state index in [1.165, 1.54) is 11.0 Å². The number of aromatic nitrogens is 3. The highest BCUT2D eigenvalue weighted by molar-refractivity contribution is 6.30. The van der Waals surface area contributed by atoms with Crippen molar-refractivity contribution >= 4 is 17.7 Å². The van der Waals surface area contributed by atoms with Crippen molar-refractivity contribution in [2.45, 2.75) is 46.3 Å². The van der Waals surface area contributed by atoms with Gasteiger partial charge in [0.2, 0.25) is 0 Å². The van der Waals surface area contributed by atoms with Crippen LogP contribution in [0.3, 0.4) is 0 Å². The summed E-state index contributed by atoms with van der Waals surface area (Å²) in [5.74, 6) is -0.478. The number of carbonyl (C=O) groups is 1. The number of halogens is 2. The number of pyridine rings is 1.